The summed E-state index contributed by atoms with van der Waals surface area (Å²) in [4.78, 5) is 10.5. The van der Waals surface area contributed by atoms with Gasteiger partial charge in [-0.05, 0) is 23.8 Å². The number of nitrogens with one attached hydrogen (secondary N) is 1. The number of nitrogens with zero attached hydrogens (tertiary/aromatic N) is 3. The summed E-state index contributed by atoms with van der Waals surface area (Å²) in [7, 11) is 1.93. The van der Waals surface area contributed by atoms with E-state index in [1.807, 2.05) is 30.1 Å². The van der Waals surface area contributed by atoms with E-state index < -0.39 is 0 Å². The van der Waals surface area contributed by atoms with Crippen LogP contribution in [-0.4, -0.2) is 17.0 Å². The number of aromatic nitrogens is 2. The first kappa shape index (κ1) is 17.3. The normalized spacial score (nSPS) is 10.5. The minimum atomic E-state index is 0.442. The molecule has 0 atom stereocenters. The Morgan fingerprint density at radius 2 is 1.84 bits per heavy atom. The minimum Gasteiger partial charge on any atom is -0.393 e. The molecule has 0 fully saturated rings. The van der Waals surface area contributed by atoms with Gasteiger partial charge >= 0.3 is 0 Å². The van der Waals surface area contributed by atoms with Crippen molar-refractivity contribution in [2.75, 3.05) is 23.0 Å². The van der Waals surface area contributed by atoms with Gasteiger partial charge in [0.2, 0.25) is 0 Å². The van der Waals surface area contributed by atoms with Crippen LogP contribution in [0.15, 0.2) is 54.9 Å². The Morgan fingerprint density at radius 3 is 2.60 bits per heavy atom. The van der Waals surface area contributed by atoms with Crippen molar-refractivity contribution in [2.45, 2.75) is 6.54 Å². The van der Waals surface area contributed by atoms with Crippen molar-refractivity contribution >= 4 is 46.2 Å². The number of hydrogen-bond acceptors (Lipinski definition) is 5. The van der Waals surface area contributed by atoms with Gasteiger partial charge in [-0.1, -0.05) is 53.5 Å². The third-order valence-electron chi connectivity index (χ3n) is 3.67. The molecule has 3 rings (SSSR count). The van der Waals surface area contributed by atoms with Crippen molar-refractivity contribution in [1.29, 1.82) is 0 Å². The molecule has 0 bridgehead atoms. The van der Waals surface area contributed by atoms with Crippen LogP contribution in [0.2, 0.25) is 10.0 Å². The summed E-state index contributed by atoms with van der Waals surface area (Å²) in [6.07, 6.45) is 1.47. The highest BCUT2D eigenvalue weighted by molar-refractivity contribution is 6.35. The van der Waals surface area contributed by atoms with Crippen molar-refractivity contribution in [3.63, 3.8) is 0 Å². The molecule has 128 valence electrons. The quantitative estimate of drug-likeness (QED) is 0.675. The summed E-state index contributed by atoms with van der Waals surface area (Å²) >= 11 is 12.2. The average molecular weight is 374 g/mol. The fourth-order valence-corrected chi connectivity index (χ4v) is 2.78. The number of halogens is 2. The molecular formula is C18H17Cl2N5. The summed E-state index contributed by atoms with van der Waals surface area (Å²) < 4.78 is 0. The largest absolute Gasteiger partial charge is 0.393 e. The van der Waals surface area contributed by atoms with Gasteiger partial charge in [0.15, 0.2) is 11.6 Å². The van der Waals surface area contributed by atoms with Gasteiger partial charge in [0.1, 0.15) is 12.0 Å². The van der Waals surface area contributed by atoms with Crippen LogP contribution >= 0.6 is 23.2 Å². The van der Waals surface area contributed by atoms with E-state index in [0.29, 0.717) is 39.6 Å². The van der Waals surface area contributed by atoms with Crippen molar-refractivity contribution < 1.29 is 0 Å². The first-order valence-electron chi connectivity index (χ1n) is 7.62. The summed E-state index contributed by atoms with van der Waals surface area (Å²) in [6.45, 7) is 0.680. The molecule has 3 aromatic rings. The molecule has 0 saturated carbocycles. The molecule has 25 heavy (non-hydrogen) atoms. The monoisotopic (exact) mass is 373 g/mol. The van der Waals surface area contributed by atoms with Crippen molar-refractivity contribution in [3.05, 3.63) is 70.5 Å². The summed E-state index contributed by atoms with van der Waals surface area (Å²) in [5.41, 5.74) is 8.51. The van der Waals surface area contributed by atoms with E-state index in [9.17, 15) is 0 Å². The maximum atomic E-state index is 6.27. The number of rotatable bonds is 5. The predicted octanol–water partition coefficient (Wildman–Crippen LogP) is 4.75. The summed E-state index contributed by atoms with van der Waals surface area (Å²) in [5.74, 6) is 1.12. The first-order chi connectivity index (χ1) is 12.0. The van der Waals surface area contributed by atoms with Crippen LogP contribution < -0.4 is 16.0 Å². The first-order valence-corrected chi connectivity index (χ1v) is 8.38. The smallest absolute Gasteiger partial charge is 0.159 e. The highest BCUT2D eigenvalue weighted by Crippen LogP contribution is 2.32. The average Bonchev–Trinajstić information content (AvgIpc) is 2.60. The molecule has 7 heteroatoms. The van der Waals surface area contributed by atoms with E-state index in [0.717, 1.165) is 5.56 Å². The molecule has 0 amide bonds. The maximum absolute atomic E-state index is 6.27. The molecule has 5 nitrogen and oxygen atoms in total. The standard InChI is InChI=1S/C18H17Cl2N5/c1-25(10-12-5-3-2-4-6-12)18-16(21)17(22-11-23-18)24-15-9-13(19)7-8-14(15)20/h2-9,11H,10,21H2,1H3,(H,22,23,24). The molecule has 0 saturated heterocycles. The zero-order valence-corrected chi connectivity index (χ0v) is 15.1. The predicted molar refractivity (Wildman–Crippen MR) is 105 cm³/mol. The van der Waals surface area contributed by atoms with Crippen LogP contribution in [0, 0.1) is 0 Å². The second-order valence-corrected chi connectivity index (χ2v) is 6.39. The second kappa shape index (κ2) is 7.59. The van der Waals surface area contributed by atoms with Crippen LogP contribution in [0.5, 0.6) is 0 Å². The van der Waals surface area contributed by atoms with Crippen LogP contribution in [0.25, 0.3) is 0 Å². The van der Waals surface area contributed by atoms with Crippen LogP contribution in [0.1, 0.15) is 5.56 Å². The third-order valence-corrected chi connectivity index (χ3v) is 4.23. The molecule has 3 N–H and O–H groups in total. The van der Waals surface area contributed by atoms with E-state index in [1.54, 1.807) is 18.2 Å². The Balaban J connectivity index is 1.85. The fraction of sp³-hybridized carbons (Fsp3) is 0.111. The van der Waals surface area contributed by atoms with Crippen LogP contribution in [-0.2, 0) is 6.54 Å². The molecule has 0 radical (unpaired) electrons. The molecule has 1 aromatic heterocycles. The Labute approximate surface area is 156 Å². The van der Waals surface area contributed by atoms with E-state index in [1.165, 1.54) is 6.33 Å². The Morgan fingerprint density at radius 1 is 1.08 bits per heavy atom. The molecule has 0 unspecified atom stereocenters. The zero-order valence-electron chi connectivity index (χ0n) is 13.6. The molecule has 0 aliphatic carbocycles. The number of hydrogen-bond donors (Lipinski definition) is 2. The van der Waals surface area contributed by atoms with E-state index in [4.69, 9.17) is 28.9 Å². The molecule has 2 aromatic carbocycles. The van der Waals surface area contributed by atoms with Crippen LogP contribution in [0.4, 0.5) is 23.0 Å². The third kappa shape index (κ3) is 4.13. The number of benzene rings is 2. The number of anilines is 4. The lowest BCUT2D eigenvalue weighted by Gasteiger charge is -2.21. The molecular weight excluding hydrogens is 357 g/mol. The highest BCUT2D eigenvalue weighted by Gasteiger charge is 2.14. The van der Waals surface area contributed by atoms with E-state index >= 15 is 0 Å². The molecule has 0 aliphatic rings. The number of nitrogen functional groups attached to an aromatic ring is 1. The Hall–Kier alpha value is -2.50. The van der Waals surface area contributed by atoms with Gasteiger partial charge < -0.3 is 16.0 Å². The van der Waals surface area contributed by atoms with Gasteiger partial charge in [0, 0.05) is 18.6 Å². The van der Waals surface area contributed by atoms with E-state index in [-0.39, 0.29) is 0 Å². The Kier molecular flexibility index (Phi) is 5.26. The summed E-state index contributed by atoms with van der Waals surface area (Å²) in [5, 5.41) is 4.22. The lowest BCUT2D eigenvalue weighted by Crippen LogP contribution is -2.20. The SMILES string of the molecule is CN(Cc1ccccc1)c1ncnc(Nc2cc(Cl)ccc2Cl)c1N. The zero-order chi connectivity index (χ0) is 17.8. The number of nitrogens with two attached hydrogens (primary N) is 1. The lowest BCUT2D eigenvalue weighted by atomic mass is 10.2. The van der Waals surface area contributed by atoms with Crippen molar-refractivity contribution in [2.24, 2.45) is 0 Å². The topological polar surface area (TPSA) is 67.1 Å². The van der Waals surface area contributed by atoms with Gasteiger partial charge in [-0.2, -0.15) is 0 Å². The molecule has 0 aliphatic heterocycles. The second-order valence-electron chi connectivity index (χ2n) is 5.55. The maximum Gasteiger partial charge on any atom is 0.159 e. The van der Waals surface area contributed by atoms with Gasteiger partial charge in [-0.15, -0.1) is 0 Å². The van der Waals surface area contributed by atoms with Crippen molar-refractivity contribution in [1.82, 2.24) is 9.97 Å². The summed E-state index contributed by atoms with van der Waals surface area (Å²) in [6, 6.07) is 15.3. The van der Waals surface area contributed by atoms with Gasteiger partial charge in [0.25, 0.3) is 0 Å². The highest BCUT2D eigenvalue weighted by atomic mass is 35.5. The Bertz CT molecular complexity index is 871. The molecule has 1 heterocycles. The lowest BCUT2D eigenvalue weighted by molar-refractivity contribution is 0.894. The molecule has 0 spiro atoms. The fourth-order valence-electron chi connectivity index (χ4n) is 2.44. The van der Waals surface area contributed by atoms with Gasteiger partial charge in [-0.25, -0.2) is 9.97 Å². The van der Waals surface area contributed by atoms with Gasteiger partial charge in [0.05, 0.1) is 10.7 Å². The van der Waals surface area contributed by atoms with E-state index in [2.05, 4.69) is 27.4 Å². The van der Waals surface area contributed by atoms with Crippen LogP contribution in [0.3, 0.4) is 0 Å². The van der Waals surface area contributed by atoms with Crippen molar-refractivity contribution in [3.8, 4) is 0 Å². The minimum absolute atomic E-state index is 0.442. The van der Waals surface area contributed by atoms with Gasteiger partial charge in [-0.3, -0.25) is 0 Å².